The summed E-state index contributed by atoms with van der Waals surface area (Å²) in [6.45, 7) is 3.18. The number of rotatable bonds is 3. The van der Waals surface area contributed by atoms with Crippen LogP contribution in [0.5, 0.6) is 0 Å². The van der Waals surface area contributed by atoms with Gasteiger partial charge in [0.15, 0.2) is 5.65 Å². The molecule has 1 fully saturated rings. The fourth-order valence-corrected chi connectivity index (χ4v) is 3.07. The summed E-state index contributed by atoms with van der Waals surface area (Å²) in [5.41, 5.74) is 3.12. The molecule has 1 aliphatic heterocycles. The lowest BCUT2D eigenvalue weighted by atomic mass is 10.1. The second kappa shape index (κ2) is 5.30. The van der Waals surface area contributed by atoms with E-state index < -0.39 is 0 Å². The van der Waals surface area contributed by atoms with Gasteiger partial charge < -0.3 is 9.88 Å². The lowest BCUT2D eigenvalue weighted by Crippen LogP contribution is -2.15. The predicted molar refractivity (Wildman–Crippen MR) is 83.9 cm³/mol. The summed E-state index contributed by atoms with van der Waals surface area (Å²) >= 11 is 0. The van der Waals surface area contributed by atoms with Gasteiger partial charge in [0.1, 0.15) is 11.3 Å². The number of hydrogen-bond acceptors (Lipinski definition) is 3. The van der Waals surface area contributed by atoms with Crippen molar-refractivity contribution in [2.75, 3.05) is 13.1 Å². The molecule has 0 saturated carbocycles. The van der Waals surface area contributed by atoms with Crippen molar-refractivity contribution in [3.8, 4) is 11.4 Å². The lowest BCUT2D eigenvalue weighted by Gasteiger charge is -2.13. The Morgan fingerprint density at radius 2 is 2.05 bits per heavy atom. The number of fused-ring (bicyclic) bond motifs is 1. The van der Waals surface area contributed by atoms with E-state index in [9.17, 15) is 0 Å². The Kier molecular flexibility index (Phi) is 3.16. The highest BCUT2D eigenvalue weighted by molar-refractivity contribution is 5.77. The van der Waals surface area contributed by atoms with E-state index in [0.717, 1.165) is 42.2 Å². The average molecular weight is 278 g/mol. The number of benzene rings is 1. The molecule has 0 radical (unpaired) electrons. The molecule has 1 unspecified atom stereocenters. The summed E-state index contributed by atoms with van der Waals surface area (Å²) in [7, 11) is 0. The average Bonchev–Trinajstić information content (AvgIpc) is 3.17. The Morgan fingerprint density at radius 3 is 2.86 bits per heavy atom. The van der Waals surface area contributed by atoms with Gasteiger partial charge in [0.2, 0.25) is 0 Å². The number of aromatic nitrogens is 3. The fourth-order valence-electron chi connectivity index (χ4n) is 3.07. The summed E-state index contributed by atoms with van der Waals surface area (Å²) in [5, 5.41) is 3.44. The number of nitrogens with zero attached hydrogens (tertiary/aromatic N) is 3. The minimum Gasteiger partial charge on any atom is -0.316 e. The summed E-state index contributed by atoms with van der Waals surface area (Å²) in [6, 6.07) is 14.4. The monoisotopic (exact) mass is 278 g/mol. The number of imidazole rings is 1. The second-order valence-corrected chi connectivity index (χ2v) is 5.62. The van der Waals surface area contributed by atoms with Crippen LogP contribution in [0.25, 0.3) is 22.6 Å². The van der Waals surface area contributed by atoms with Crippen LogP contribution >= 0.6 is 0 Å². The van der Waals surface area contributed by atoms with E-state index in [1.54, 1.807) is 0 Å². The molecule has 1 atom stereocenters. The number of hydrogen-bond donors (Lipinski definition) is 1. The van der Waals surface area contributed by atoms with Gasteiger partial charge in [-0.3, -0.25) is 0 Å². The Bertz CT molecular complexity index is 742. The van der Waals surface area contributed by atoms with Crippen molar-refractivity contribution in [2.45, 2.75) is 13.0 Å². The highest BCUT2D eigenvalue weighted by Crippen LogP contribution is 2.25. The summed E-state index contributed by atoms with van der Waals surface area (Å²) in [4.78, 5) is 9.35. The number of nitrogens with one attached hydrogen (secondary N) is 1. The van der Waals surface area contributed by atoms with E-state index in [1.165, 1.54) is 6.42 Å². The van der Waals surface area contributed by atoms with Gasteiger partial charge in [-0.05, 0) is 37.6 Å². The zero-order chi connectivity index (χ0) is 14.1. The van der Waals surface area contributed by atoms with Crippen LogP contribution in [-0.2, 0) is 6.54 Å². The largest absolute Gasteiger partial charge is 0.316 e. The molecule has 3 heterocycles. The van der Waals surface area contributed by atoms with E-state index in [1.807, 2.05) is 24.4 Å². The molecule has 21 heavy (non-hydrogen) atoms. The van der Waals surface area contributed by atoms with Crippen LogP contribution in [0.3, 0.4) is 0 Å². The molecule has 0 spiro atoms. The quantitative estimate of drug-likeness (QED) is 0.801. The summed E-state index contributed by atoms with van der Waals surface area (Å²) < 4.78 is 2.28. The molecule has 0 aliphatic carbocycles. The van der Waals surface area contributed by atoms with Gasteiger partial charge in [0, 0.05) is 18.3 Å². The van der Waals surface area contributed by atoms with E-state index in [-0.39, 0.29) is 0 Å². The third kappa shape index (κ3) is 2.32. The molecule has 1 N–H and O–H groups in total. The van der Waals surface area contributed by atoms with Crippen molar-refractivity contribution in [1.82, 2.24) is 19.9 Å². The van der Waals surface area contributed by atoms with Crippen molar-refractivity contribution in [1.29, 1.82) is 0 Å². The van der Waals surface area contributed by atoms with E-state index in [0.29, 0.717) is 5.92 Å². The normalized spacial score (nSPS) is 18.4. The first-order valence-corrected chi connectivity index (χ1v) is 7.49. The van der Waals surface area contributed by atoms with Gasteiger partial charge in [-0.2, -0.15) is 0 Å². The van der Waals surface area contributed by atoms with Gasteiger partial charge in [0.25, 0.3) is 0 Å². The van der Waals surface area contributed by atoms with Crippen LogP contribution in [0.1, 0.15) is 6.42 Å². The molecular formula is C17H18N4. The van der Waals surface area contributed by atoms with Crippen LogP contribution in [0.2, 0.25) is 0 Å². The first kappa shape index (κ1) is 12.5. The fraction of sp³-hybridized carbons (Fsp3) is 0.294. The predicted octanol–water partition coefficient (Wildman–Crippen LogP) is 2.71. The van der Waals surface area contributed by atoms with Crippen molar-refractivity contribution in [2.24, 2.45) is 5.92 Å². The van der Waals surface area contributed by atoms with Gasteiger partial charge in [-0.1, -0.05) is 30.3 Å². The zero-order valence-corrected chi connectivity index (χ0v) is 11.9. The van der Waals surface area contributed by atoms with Gasteiger partial charge in [-0.25, -0.2) is 9.97 Å². The first-order valence-electron chi connectivity index (χ1n) is 7.49. The highest BCUT2D eigenvalue weighted by atomic mass is 15.1. The molecule has 4 rings (SSSR count). The molecule has 4 nitrogen and oxygen atoms in total. The van der Waals surface area contributed by atoms with Gasteiger partial charge in [-0.15, -0.1) is 0 Å². The third-order valence-corrected chi connectivity index (χ3v) is 4.14. The van der Waals surface area contributed by atoms with Crippen molar-refractivity contribution in [3.05, 3.63) is 48.7 Å². The Balaban J connectivity index is 1.84. The van der Waals surface area contributed by atoms with Crippen molar-refractivity contribution < 1.29 is 0 Å². The van der Waals surface area contributed by atoms with Crippen molar-refractivity contribution in [3.63, 3.8) is 0 Å². The summed E-state index contributed by atoms with van der Waals surface area (Å²) in [6.07, 6.45) is 3.07. The van der Waals surface area contributed by atoms with Crippen LogP contribution in [0, 0.1) is 5.92 Å². The minimum absolute atomic E-state index is 0.659. The van der Waals surface area contributed by atoms with Crippen LogP contribution in [0.4, 0.5) is 0 Å². The number of pyridine rings is 1. The van der Waals surface area contributed by atoms with E-state index in [4.69, 9.17) is 4.98 Å². The molecule has 2 aromatic heterocycles. The van der Waals surface area contributed by atoms with Crippen molar-refractivity contribution >= 4 is 11.2 Å². The molecule has 106 valence electrons. The van der Waals surface area contributed by atoms with E-state index >= 15 is 0 Å². The maximum atomic E-state index is 4.81. The SMILES string of the molecule is c1ccc(-c2nc3cccnc3n2CC2CCNC2)cc1. The molecule has 3 aromatic rings. The topological polar surface area (TPSA) is 42.7 Å². The van der Waals surface area contributed by atoms with Gasteiger partial charge in [0.05, 0.1) is 0 Å². The second-order valence-electron chi connectivity index (χ2n) is 5.62. The Labute approximate surface area is 123 Å². The zero-order valence-electron chi connectivity index (χ0n) is 11.9. The molecule has 0 bridgehead atoms. The van der Waals surface area contributed by atoms with Crippen LogP contribution < -0.4 is 5.32 Å². The smallest absolute Gasteiger partial charge is 0.160 e. The Hall–Kier alpha value is -2.20. The molecule has 1 saturated heterocycles. The Morgan fingerprint density at radius 1 is 1.14 bits per heavy atom. The minimum atomic E-state index is 0.659. The van der Waals surface area contributed by atoms with Gasteiger partial charge >= 0.3 is 0 Å². The molecule has 4 heteroatoms. The molecular weight excluding hydrogens is 260 g/mol. The third-order valence-electron chi connectivity index (χ3n) is 4.14. The lowest BCUT2D eigenvalue weighted by molar-refractivity contribution is 0.490. The maximum absolute atomic E-state index is 4.81. The standard InChI is InChI=1S/C17H18N4/c1-2-5-14(6-3-1)16-20-15-7-4-9-19-17(15)21(16)12-13-8-10-18-11-13/h1-7,9,13,18H,8,10-12H2. The first-order chi connectivity index (χ1) is 10.4. The molecule has 1 aliphatic rings. The summed E-state index contributed by atoms with van der Waals surface area (Å²) in [5.74, 6) is 1.68. The highest BCUT2D eigenvalue weighted by Gasteiger charge is 2.20. The molecule has 0 amide bonds. The van der Waals surface area contributed by atoms with Crippen LogP contribution in [-0.4, -0.2) is 27.6 Å². The van der Waals surface area contributed by atoms with E-state index in [2.05, 4.69) is 39.1 Å². The van der Waals surface area contributed by atoms with Crippen LogP contribution in [0.15, 0.2) is 48.7 Å². The molecule has 1 aromatic carbocycles. The maximum Gasteiger partial charge on any atom is 0.160 e.